The van der Waals surface area contributed by atoms with Crippen LogP contribution in [0, 0.1) is 0 Å². The van der Waals surface area contributed by atoms with E-state index in [4.69, 9.17) is 9.47 Å². The molecule has 2 aliphatic rings. The van der Waals surface area contributed by atoms with Gasteiger partial charge in [0.05, 0.1) is 13.5 Å². The van der Waals surface area contributed by atoms with E-state index in [1.807, 2.05) is 30.3 Å². The van der Waals surface area contributed by atoms with Gasteiger partial charge in [-0.2, -0.15) is 0 Å². The summed E-state index contributed by atoms with van der Waals surface area (Å²) in [5.74, 6) is -0.0291. The highest BCUT2D eigenvalue weighted by molar-refractivity contribution is 8.01. The van der Waals surface area contributed by atoms with E-state index >= 15 is 0 Å². The van der Waals surface area contributed by atoms with E-state index in [0.717, 1.165) is 11.1 Å². The molecular formula is C23H22N2O5S2. The van der Waals surface area contributed by atoms with Gasteiger partial charge in [0.15, 0.2) is 0 Å². The lowest BCUT2D eigenvalue weighted by molar-refractivity contribution is -0.153. The van der Waals surface area contributed by atoms with E-state index in [-0.39, 0.29) is 35.9 Å². The van der Waals surface area contributed by atoms with Crippen LogP contribution in [0.3, 0.4) is 0 Å². The van der Waals surface area contributed by atoms with Crippen molar-refractivity contribution in [3.05, 3.63) is 76.3 Å². The molecule has 7 nitrogen and oxygen atoms in total. The van der Waals surface area contributed by atoms with Crippen molar-refractivity contribution in [3.8, 4) is 5.75 Å². The Morgan fingerprint density at radius 2 is 1.84 bits per heavy atom. The van der Waals surface area contributed by atoms with Gasteiger partial charge in [-0.3, -0.25) is 14.5 Å². The Balaban J connectivity index is 1.37. The summed E-state index contributed by atoms with van der Waals surface area (Å²) in [6.45, 7) is 0.0600. The highest BCUT2D eigenvalue weighted by Gasteiger charge is 2.54. The zero-order chi connectivity index (χ0) is 22.7. The number of hydrogen-bond acceptors (Lipinski definition) is 7. The minimum Gasteiger partial charge on any atom is -0.497 e. The third-order valence-electron chi connectivity index (χ3n) is 5.19. The van der Waals surface area contributed by atoms with E-state index in [1.165, 1.54) is 16.7 Å². The largest absolute Gasteiger partial charge is 0.497 e. The van der Waals surface area contributed by atoms with Crippen LogP contribution >= 0.6 is 24.4 Å². The molecule has 0 unspecified atom stereocenters. The molecule has 2 amide bonds. The summed E-state index contributed by atoms with van der Waals surface area (Å²) < 4.78 is 10.5. The van der Waals surface area contributed by atoms with E-state index in [9.17, 15) is 14.4 Å². The molecule has 0 bridgehead atoms. The summed E-state index contributed by atoms with van der Waals surface area (Å²) in [5.41, 5.74) is 1.80. The zero-order valence-corrected chi connectivity index (χ0v) is 19.0. The van der Waals surface area contributed by atoms with Crippen LogP contribution in [0.4, 0.5) is 0 Å². The zero-order valence-electron chi connectivity index (χ0n) is 17.3. The van der Waals surface area contributed by atoms with E-state index < -0.39 is 12.0 Å². The molecule has 2 heterocycles. The lowest BCUT2D eigenvalue weighted by Crippen LogP contribution is -2.70. The quantitative estimate of drug-likeness (QED) is 0.368. The highest BCUT2D eigenvalue weighted by atomic mass is 32.2. The molecule has 32 heavy (non-hydrogen) atoms. The Kier molecular flexibility index (Phi) is 6.76. The molecular weight excluding hydrogens is 448 g/mol. The lowest BCUT2D eigenvalue weighted by atomic mass is 10.0. The molecule has 166 valence electrons. The number of nitrogens with zero attached hydrogens (tertiary/aromatic N) is 1. The van der Waals surface area contributed by atoms with Crippen LogP contribution in [0.15, 0.2) is 65.2 Å². The molecule has 0 spiro atoms. The fourth-order valence-electron chi connectivity index (χ4n) is 3.54. The molecule has 2 aliphatic heterocycles. The summed E-state index contributed by atoms with van der Waals surface area (Å²) in [4.78, 5) is 39.8. The molecule has 0 saturated carbocycles. The maximum Gasteiger partial charge on any atom is 0.356 e. The first kappa shape index (κ1) is 22.3. The van der Waals surface area contributed by atoms with Gasteiger partial charge < -0.3 is 14.8 Å². The Morgan fingerprint density at radius 1 is 1.12 bits per heavy atom. The third-order valence-corrected chi connectivity index (χ3v) is 7.06. The summed E-state index contributed by atoms with van der Waals surface area (Å²) in [6, 6.07) is 15.8. The van der Waals surface area contributed by atoms with Crippen LogP contribution in [-0.4, -0.2) is 47.0 Å². The number of rotatable bonds is 7. The Morgan fingerprint density at radius 3 is 2.53 bits per heavy atom. The highest BCUT2D eigenvalue weighted by Crippen LogP contribution is 2.41. The number of carbonyl (C=O) groups is 3. The Hall–Kier alpha value is -2.91. The molecule has 4 rings (SSSR count). The smallest absolute Gasteiger partial charge is 0.356 e. The maximum absolute atomic E-state index is 12.8. The Labute approximate surface area is 195 Å². The number of thioether (sulfide) groups is 1. The van der Waals surface area contributed by atoms with Gasteiger partial charge in [-0.05, 0) is 23.3 Å². The van der Waals surface area contributed by atoms with Gasteiger partial charge in [0.25, 0.3) is 5.91 Å². The predicted molar refractivity (Wildman–Crippen MR) is 124 cm³/mol. The average Bonchev–Trinajstić information content (AvgIpc) is 2.81. The molecule has 9 heteroatoms. The third kappa shape index (κ3) is 4.63. The number of carbonyl (C=O) groups excluding carboxylic acids is 3. The van der Waals surface area contributed by atoms with E-state index in [2.05, 4.69) is 17.9 Å². The van der Waals surface area contributed by atoms with Crippen molar-refractivity contribution in [2.75, 3.05) is 12.9 Å². The van der Waals surface area contributed by atoms with Crippen molar-refractivity contribution in [2.24, 2.45) is 0 Å². The minimum absolute atomic E-state index is 0.0600. The van der Waals surface area contributed by atoms with Gasteiger partial charge in [0, 0.05) is 10.7 Å². The standard InChI is InChI=1S/C23H22N2O5S2/c1-29-16-9-7-15(8-10-16)12-30-23(28)20-17(31)13-32-22-19(21(27)25(20)22)24-18(26)11-14-5-3-2-4-6-14/h2-10,19,22,31H,11-13H2,1H3,(H,24,26)/t19-,22-/m1/s1. The van der Waals surface area contributed by atoms with Crippen molar-refractivity contribution in [1.82, 2.24) is 10.2 Å². The van der Waals surface area contributed by atoms with Crippen LogP contribution in [0.5, 0.6) is 5.75 Å². The molecule has 0 aromatic heterocycles. The number of β-lactam (4-membered cyclic amide) rings is 1. The van der Waals surface area contributed by atoms with Crippen molar-refractivity contribution in [1.29, 1.82) is 0 Å². The van der Waals surface area contributed by atoms with E-state index in [1.54, 1.807) is 31.4 Å². The number of thiol groups is 1. The van der Waals surface area contributed by atoms with Crippen molar-refractivity contribution < 1.29 is 23.9 Å². The topological polar surface area (TPSA) is 84.9 Å². The SMILES string of the molecule is COc1ccc(COC(=O)C2=C(S)CS[C@@H]3[C@H](NC(=O)Cc4ccccc4)C(=O)N23)cc1. The maximum atomic E-state index is 12.8. The molecule has 0 radical (unpaired) electrons. The first-order valence-corrected chi connectivity index (χ1v) is 11.5. The first-order chi connectivity index (χ1) is 15.5. The van der Waals surface area contributed by atoms with Crippen LogP contribution in [0.1, 0.15) is 11.1 Å². The number of amides is 2. The summed E-state index contributed by atoms with van der Waals surface area (Å²) in [6.07, 6.45) is 0.187. The molecule has 2 aromatic carbocycles. The second kappa shape index (κ2) is 9.70. The van der Waals surface area contributed by atoms with Gasteiger partial charge in [-0.15, -0.1) is 24.4 Å². The van der Waals surface area contributed by atoms with Crippen LogP contribution in [-0.2, 0) is 32.1 Å². The normalized spacial score (nSPS) is 19.7. The summed E-state index contributed by atoms with van der Waals surface area (Å²) in [5, 5.41) is 2.43. The number of esters is 1. The monoisotopic (exact) mass is 470 g/mol. The minimum atomic E-state index is -0.679. The summed E-state index contributed by atoms with van der Waals surface area (Å²) in [7, 11) is 1.58. The Bertz CT molecular complexity index is 1060. The van der Waals surface area contributed by atoms with E-state index in [0.29, 0.717) is 16.4 Å². The van der Waals surface area contributed by atoms with Gasteiger partial charge >= 0.3 is 5.97 Å². The number of hydrogen-bond donors (Lipinski definition) is 2. The van der Waals surface area contributed by atoms with Crippen molar-refractivity contribution in [2.45, 2.75) is 24.4 Å². The van der Waals surface area contributed by atoms with Gasteiger partial charge in [0.2, 0.25) is 5.91 Å². The number of ether oxygens (including phenoxy) is 2. The fraction of sp³-hybridized carbons (Fsp3) is 0.261. The summed E-state index contributed by atoms with van der Waals surface area (Å²) >= 11 is 5.86. The molecule has 0 aliphatic carbocycles. The number of benzene rings is 2. The fourth-order valence-corrected chi connectivity index (χ4v) is 5.16. The van der Waals surface area contributed by atoms with Crippen molar-refractivity contribution >= 4 is 42.2 Å². The average molecular weight is 471 g/mol. The molecule has 2 atom stereocenters. The second-order valence-electron chi connectivity index (χ2n) is 7.34. The van der Waals surface area contributed by atoms with Gasteiger partial charge in [0.1, 0.15) is 29.5 Å². The molecule has 1 saturated heterocycles. The lowest BCUT2D eigenvalue weighted by Gasteiger charge is -2.49. The second-order valence-corrected chi connectivity index (χ2v) is 8.98. The van der Waals surface area contributed by atoms with Gasteiger partial charge in [-0.25, -0.2) is 4.79 Å². The van der Waals surface area contributed by atoms with Crippen molar-refractivity contribution in [3.63, 3.8) is 0 Å². The molecule has 2 aromatic rings. The van der Waals surface area contributed by atoms with Crippen LogP contribution < -0.4 is 10.1 Å². The predicted octanol–water partition coefficient (Wildman–Crippen LogP) is 2.52. The first-order valence-electron chi connectivity index (χ1n) is 9.98. The molecule has 1 fully saturated rings. The van der Waals surface area contributed by atoms with Crippen LogP contribution in [0.2, 0.25) is 0 Å². The van der Waals surface area contributed by atoms with Crippen LogP contribution in [0.25, 0.3) is 0 Å². The van der Waals surface area contributed by atoms with Gasteiger partial charge in [-0.1, -0.05) is 42.5 Å². The number of methoxy groups -OCH3 is 1. The number of fused-ring (bicyclic) bond motifs is 1. The number of nitrogens with one attached hydrogen (secondary N) is 1. The molecule has 1 N–H and O–H groups in total.